The molecule has 0 spiro atoms. The largest absolute Gasteiger partial charge is 0.322 e. The van der Waals surface area contributed by atoms with Gasteiger partial charge in [0.15, 0.2) is 6.04 Å². The van der Waals surface area contributed by atoms with Gasteiger partial charge in [-0.25, -0.2) is 4.90 Å². The molecule has 3 fully saturated rings. The number of anilines is 1. The number of amides is 2. The van der Waals surface area contributed by atoms with Crippen molar-refractivity contribution in [2.24, 2.45) is 11.8 Å². The van der Waals surface area contributed by atoms with E-state index in [0.29, 0.717) is 16.3 Å². The Morgan fingerprint density at radius 3 is 2.50 bits per heavy atom. The number of benzene rings is 2. The number of ketones is 1. The van der Waals surface area contributed by atoms with Crippen molar-refractivity contribution in [1.29, 1.82) is 0 Å². The number of nitrogens with zero attached hydrogens (tertiary/aromatic N) is 1. The molecule has 3 heterocycles. The molecule has 3 aliphatic heterocycles. The average Bonchev–Trinajstić information content (AvgIpc) is 3.34. The molecule has 0 radical (unpaired) electrons. The summed E-state index contributed by atoms with van der Waals surface area (Å²) in [6.45, 7) is 0.832. The maximum Gasteiger partial charge on any atom is 0.244 e. The molecule has 0 aliphatic carbocycles. The van der Waals surface area contributed by atoms with Crippen molar-refractivity contribution in [3.05, 3.63) is 65.2 Å². The van der Waals surface area contributed by atoms with Gasteiger partial charge in [-0.2, -0.15) is 0 Å². The lowest BCUT2D eigenvalue weighted by atomic mass is 9.85. The van der Waals surface area contributed by atoms with Crippen molar-refractivity contribution in [2.75, 3.05) is 11.4 Å². The molecule has 1 N–H and O–H groups in total. The minimum atomic E-state index is -0.598. The molecule has 5 atom stereocenters. The summed E-state index contributed by atoms with van der Waals surface area (Å²) in [4.78, 5) is 42.4. The number of quaternary nitrogens is 1. The lowest BCUT2D eigenvalue weighted by molar-refractivity contribution is -0.915. The minimum Gasteiger partial charge on any atom is -0.322 e. The van der Waals surface area contributed by atoms with Crippen LogP contribution in [-0.4, -0.2) is 36.2 Å². The van der Waals surface area contributed by atoms with Gasteiger partial charge >= 0.3 is 0 Å². The highest BCUT2D eigenvalue weighted by molar-refractivity contribution is 6.31. The van der Waals surface area contributed by atoms with Crippen LogP contribution in [0.3, 0.4) is 0 Å². The predicted octanol–water partition coefficient (Wildman–Crippen LogP) is 1.76. The zero-order chi connectivity index (χ0) is 19.4. The van der Waals surface area contributed by atoms with E-state index in [1.165, 1.54) is 4.90 Å². The lowest BCUT2D eigenvalue weighted by Gasteiger charge is -2.25. The first-order chi connectivity index (χ1) is 13.6. The topological polar surface area (TPSA) is 58.9 Å². The number of carbonyl (C=O) groups is 3. The SMILES string of the molecule is O=C(c1ccccc1)[C@@H]1[C@@H]2C(=O)N(c3cccc(Cl)c3)C(=O)[C@@H]2[C@@H]2CCC[NH+]12. The molecule has 5 nitrogen and oxygen atoms in total. The van der Waals surface area contributed by atoms with Crippen molar-refractivity contribution in [3.8, 4) is 0 Å². The molecule has 1 unspecified atom stereocenters. The van der Waals surface area contributed by atoms with E-state index in [0.717, 1.165) is 24.3 Å². The molecular weight excluding hydrogens is 376 g/mol. The monoisotopic (exact) mass is 395 g/mol. The highest BCUT2D eigenvalue weighted by atomic mass is 35.5. The summed E-state index contributed by atoms with van der Waals surface area (Å²) in [6, 6.07) is 15.4. The van der Waals surface area contributed by atoms with Crippen molar-refractivity contribution >= 4 is 34.9 Å². The summed E-state index contributed by atoms with van der Waals surface area (Å²) < 4.78 is 0. The first kappa shape index (κ1) is 17.6. The predicted molar refractivity (Wildman–Crippen MR) is 104 cm³/mol. The number of halogens is 1. The van der Waals surface area contributed by atoms with Crippen LogP contribution in [0.2, 0.25) is 5.02 Å². The number of nitrogens with one attached hydrogen (secondary N) is 1. The van der Waals surface area contributed by atoms with Crippen LogP contribution in [-0.2, 0) is 9.59 Å². The van der Waals surface area contributed by atoms with Crippen molar-refractivity contribution in [1.82, 2.24) is 0 Å². The molecule has 2 amide bonds. The molecular formula is C22H20ClN2O3+. The molecule has 0 bridgehead atoms. The maximum absolute atomic E-state index is 13.4. The van der Waals surface area contributed by atoms with Crippen LogP contribution in [0, 0.1) is 11.8 Å². The zero-order valence-corrected chi connectivity index (χ0v) is 15.9. The van der Waals surface area contributed by atoms with Crippen molar-refractivity contribution < 1.29 is 19.3 Å². The van der Waals surface area contributed by atoms with Gasteiger partial charge in [0.25, 0.3) is 0 Å². The van der Waals surface area contributed by atoms with E-state index in [1.54, 1.807) is 36.4 Å². The van der Waals surface area contributed by atoms with Crippen LogP contribution in [0.1, 0.15) is 23.2 Å². The third-order valence-corrected chi connectivity index (χ3v) is 6.69. The smallest absolute Gasteiger partial charge is 0.244 e. The first-order valence-electron chi connectivity index (χ1n) is 9.66. The molecule has 6 heteroatoms. The van der Waals surface area contributed by atoms with Crippen LogP contribution < -0.4 is 9.80 Å². The van der Waals surface area contributed by atoms with E-state index in [2.05, 4.69) is 0 Å². The average molecular weight is 396 g/mol. The highest BCUT2D eigenvalue weighted by Crippen LogP contribution is 2.40. The normalized spacial score (nSPS) is 31.2. The van der Waals surface area contributed by atoms with Crippen LogP contribution in [0.4, 0.5) is 5.69 Å². The second-order valence-electron chi connectivity index (χ2n) is 7.82. The number of hydrogen-bond donors (Lipinski definition) is 1. The van der Waals surface area contributed by atoms with Crippen LogP contribution in [0.15, 0.2) is 54.6 Å². The molecule has 5 rings (SSSR count). The molecule has 0 saturated carbocycles. The Morgan fingerprint density at radius 2 is 1.75 bits per heavy atom. The Hall–Kier alpha value is -2.50. The second kappa shape index (κ2) is 6.54. The molecule has 2 aromatic carbocycles. The lowest BCUT2D eigenvalue weighted by Crippen LogP contribution is -3.16. The second-order valence-corrected chi connectivity index (χ2v) is 8.26. The maximum atomic E-state index is 13.4. The van der Waals surface area contributed by atoms with Crippen LogP contribution in [0.25, 0.3) is 0 Å². The van der Waals surface area contributed by atoms with Gasteiger partial charge in [0, 0.05) is 23.4 Å². The number of fused-ring (bicyclic) bond motifs is 3. The quantitative estimate of drug-likeness (QED) is 0.636. The van der Waals surface area contributed by atoms with Gasteiger partial charge in [-0.3, -0.25) is 14.4 Å². The Morgan fingerprint density at radius 1 is 1.00 bits per heavy atom. The Bertz CT molecular complexity index is 977. The van der Waals surface area contributed by atoms with E-state index in [-0.39, 0.29) is 23.6 Å². The van der Waals surface area contributed by atoms with Crippen LogP contribution in [0.5, 0.6) is 0 Å². The Labute approximate surface area is 167 Å². The van der Waals surface area contributed by atoms with E-state index >= 15 is 0 Å². The van der Waals surface area contributed by atoms with Crippen molar-refractivity contribution in [3.63, 3.8) is 0 Å². The highest BCUT2D eigenvalue weighted by Gasteiger charge is 2.68. The molecule has 142 valence electrons. The molecule has 3 aliphatic rings. The summed E-state index contributed by atoms with van der Waals surface area (Å²) in [5.74, 6) is -1.52. The Balaban J connectivity index is 1.56. The first-order valence-corrected chi connectivity index (χ1v) is 10.0. The van der Waals surface area contributed by atoms with Gasteiger partial charge in [-0.1, -0.05) is 48.0 Å². The summed E-state index contributed by atoms with van der Waals surface area (Å²) in [5, 5.41) is 0.472. The number of carbonyl (C=O) groups excluding carboxylic acids is 3. The van der Waals surface area contributed by atoms with E-state index in [4.69, 9.17) is 11.6 Å². The zero-order valence-electron chi connectivity index (χ0n) is 15.2. The number of rotatable bonds is 3. The summed E-state index contributed by atoms with van der Waals surface area (Å²) in [5.41, 5.74) is 1.09. The molecule has 28 heavy (non-hydrogen) atoms. The minimum absolute atomic E-state index is 0.0308. The van der Waals surface area contributed by atoms with E-state index < -0.39 is 17.9 Å². The number of hydrogen-bond acceptors (Lipinski definition) is 3. The van der Waals surface area contributed by atoms with E-state index in [9.17, 15) is 14.4 Å². The molecule has 2 aromatic rings. The summed E-state index contributed by atoms with van der Waals surface area (Å²) in [7, 11) is 0. The molecule has 0 aromatic heterocycles. The third kappa shape index (κ3) is 2.46. The summed E-state index contributed by atoms with van der Waals surface area (Å²) in [6.07, 6.45) is 1.85. The fourth-order valence-corrected chi connectivity index (χ4v) is 5.58. The van der Waals surface area contributed by atoms with Gasteiger partial charge < -0.3 is 4.90 Å². The van der Waals surface area contributed by atoms with Gasteiger partial charge in [-0.15, -0.1) is 0 Å². The number of Topliss-reactive ketones (excluding diaryl/α,β-unsaturated/α-hetero) is 1. The van der Waals surface area contributed by atoms with Gasteiger partial charge in [-0.05, 0) is 18.2 Å². The Kier molecular flexibility index (Phi) is 4.11. The third-order valence-electron chi connectivity index (χ3n) is 6.45. The fourth-order valence-electron chi connectivity index (χ4n) is 5.39. The standard InChI is InChI=1S/C22H19ClN2O3/c23-14-8-4-9-15(12-14)25-21(27)17-16-10-5-11-24(16)19(18(17)22(25)28)20(26)13-6-2-1-3-7-13/h1-4,6-9,12,16-19H,5,10-11H2/p+1/t16-,17+,18+,19-/m0/s1. The van der Waals surface area contributed by atoms with Gasteiger partial charge in [0.1, 0.15) is 17.9 Å². The van der Waals surface area contributed by atoms with Crippen molar-refractivity contribution in [2.45, 2.75) is 24.9 Å². The molecule has 3 saturated heterocycles. The summed E-state index contributed by atoms with van der Waals surface area (Å²) >= 11 is 6.08. The fraction of sp³-hybridized carbons (Fsp3) is 0.318. The number of imide groups is 1. The van der Waals surface area contributed by atoms with Gasteiger partial charge in [0.2, 0.25) is 17.6 Å². The van der Waals surface area contributed by atoms with Gasteiger partial charge in [0.05, 0.1) is 12.2 Å². The van der Waals surface area contributed by atoms with E-state index in [1.807, 2.05) is 18.2 Å². The van der Waals surface area contributed by atoms with Crippen LogP contribution >= 0.6 is 11.6 Å².